The Bertz CT molecular complexity index is 893. The van der Waals surface area contributed by atoms with Crippen LogP contribution >= 0.6 is 0 Å². The Balaban J connectivity index is 1.43. The normalized spacial score (nSPS) is 16.8. The molecule has 1 aliphatic heterocycles. The van der Waals surface area contributed by atoms with Crippen molar-refractivity contribution in [3.05, 3.63) is 66.0 Å². The monoisotopic (exact) mass is 350 g/mol. The van der Waals surface area contributed by atoms with Crippen molar-refractivity contribution in [3.63, 3.8) is 0 Å². The van der Waals surface area contributed by atoms with E-state index in [4.69, 9.17) is 4.42 Å². The molecule has 1 aliphatic rings. The van der Waals surface area contributed by atoms with Crippen molar-refractivity contribution < 1.29 is 14.3 Å². The molecule has 1 N–H and O–H groups in total. The number of aliphatic hydroxyl groups excluding tert-OH is 1. The van der Waals surface area contributed by atoms with Gasteiger partial charge in [-0.25, -0.2) is 4.98 Å². The number of β-amino-alcohol motifs (C(OH)–C–C–N with tert-alkyl or cyclic N) is 1. The Morgan fingerprint density at radius 2 is 2.04 bits per heavy atom. The molecule has 4 rings (SSSR count). The summed E-state index contributed by atoms with van der Waals surface area (Å²) in [6.45, 7) is 0.877. The first-order valence-electron chi connectivity index (χ1n) is 8.49. The molecule has 1 fully saturated rings. The molecule has 0 radical (unpaired) electrons. The number of carbonyl (C=O) groups excluding carboxylic acids is 1. The minimum absolute atomic E-state index is 0.220. The average Bonchev–Trinajstić information content (AvgIpc) is 3.32. The molecule has 26 heavy (non-hydrogen) atoms. The van der Waals surface area contributed by atoms with Gasteiger partial charge in [0.15, 0.2) is 5.69 Å². The molecule has 1 saturated heterocycles. The number of nitrogens with zero attached hydrogens (tertiary/aromatic N) is 4. The molecule has 0 saturated carbocycles. The molecule has 7 nitrogen and oxygen atoms in total. The van der Waals surface area contributed by atoms with E-state index in [1.54, 1.807) is 4.90 Å². The van der Waals surface area contributed by atoms with Gasteiger partial charge in [-0.3, -0.25) is 4.79 Å². The van der Waals surface area contributed by atoms with Crippen LogP contribution in [-0.4, -0.2) is 50.3 Å². The summed E-state index contributed by atoms with van der Waals surface area (Å²) in [7, 11) is 0. The lowest BCUT2D eigenvalue weighted by Gasteiger charge is -2.12. The number of amides is 1. The van der Waals surface area contributed by atoms with Crippen LogP contribution in [0.5, 0.6) is 0 Å². The maximum absolute atomic E-state index is 12.3. The third-order valence-corrected chi connectivity index (χ3v) is 4.34. The Morgan fingerprint density at radius 1 is 1.19 bits per heavy atom. The van der Waals surface area contributed by atoms with Crippen molar-refractivity contribution in [1.82, 2.24) is 20.1 Å². The van der Waals surface area contributed by atoms with E-state index < -0.39 is 6.10 Å². The molecular weight excluding hydrogens is 332 g/mol. The second-order valence-corrected chi connectivity index (χ2v) is 6.27. The first-order valence-corrected chi connectivity index (χ1v) is 8.49. The number of hydrogen-bond acceptors (Lipinski definition) is 6. The highest BCUT2D eigenvalue weighted by Crippen LogP contribution is 2.17. The van der Waals surface area contributed by atoms with Gasteiger partial charge in [-0.1, -0.05) is 30.3 Å². The van der Waals surface area contributed by atoms with Crippen LogP contribution in [0.3, 0.4) is 0 Å². The number of benzene rings is 1. The molecule has 1 unspecified atom stereocenters. The summed E-state index contributed by atoms with van der Waals surface area (Å²) in [6, 6.07) is 13.6. The van der Waals surface area contributed by atoms with Gasteiger partial charge in [-0.05, 0) is 18.6 Å². The lowest BCUT2D eigenvalue weighted by atomic mass is 10.1. The van der Waals surface area contributed by atoms with Crippen molar-refractivity contribution in [1.29, 1.82) is 0 Å². The minimum atomic E-state index is -0.455. The van der Waals surface area contributed by atoms with Gasteiger partial charge in [0.25, 0.3) is 5.91 Å². The van der Waals surface area contributed by atoms with Gasteiger partial charge >= 0.3 is 0 Å². The number of rotatable bonds is 4. The van der Waals surface area contributed by atoms with Crippen LogP contribution < -0.4 is 0 Å². The van der Waals surface area contributed by atoms with Crippen molar-refractivity contribution in [3.8, 4) is 11.3 Å². The predicted molar refractivity (Wildman–Crippen MR) is 93.3 cm³/mol. The fourth-order valence-electron chi connectivity index (χ4n) is 2.95. The predicted octanol–water partition coefficient (Wildman–Crippen LogP) is 1.93. The van der Waals surface area contributed by atoms with E-state index >= 15 is 0 Å². The summed E-state index contributed by atoms with van der Waals surface area (Å²) in [5.74, 6) is 0.192. The maximum atomic E-state index is 12.3. The van der Waals surface area contributed by atoms with Crippen LogP contribution in [0.2, 0.25) is 0 Å². The molecule has 0 bridgehead atoms. The third-order valence-electron chi connectivity index (χ3n) is 4.34. The maximum Gasteiger partial charge on any atom is 0.275 e. The summed E-state index contributed by atoms with van der Waals surface area (Å²) in [5.41, 5.74) is 2.76. The molecule has 3 aromatic rings. The number of likely N-dealkylation sites (tertiary alicyclic amines) is 1. The third kappa shape index (κ3) is 3.48. The average molecular weight is 350 g/mol. The quantitative estimate of drug-likeness (QED) is 0.773. The van der Waals surface area contributed by atoms with Gasteiger partial charge in [0.2, 0.25) is 5.89 Å². The van der Waals surface area contributed by atoms with E-state index in [1.165, 1.54) is 6.26 Å². The standard InChI is InChI=1S/C19H18N4O3/c24-15-8-9-23(11-15)19(25)17-12-26-18(20-17)10-14-6-7-16(22-21-14)13-4-2-1-3-5-13/h1-7,12,15,24H,8-11H2. The SMILES string of the molecule is O=C(c1coc(Cc2ccc(-c3ccccc3)nn2)n1)N1CCC(O)C1. The van der Waals surface area contributed by atoms with Crippen molar-refractivity contribution in [2.45, 2.75) is 18.9 Å². The van der Waals surface area contributed by atoms with E-state index in [2.05, 4.69) is 15.2 Å². The highest BCUT2D eigenvalue weighted by Gasteiger charge is 2.27. The molecule has 1 amide bonds. The minimum Gasteiger partial charge on any atom is -0.448 e. The number of hydrogen-bond donors (Lipinski definition) is 1. The topological polar surface area (TPSA) is 92.3 Å². The molecule has 1 aromatic carbocycles. The van der Waals surface area contributed by atoms with Crippen molar-refractivity contribution in [2.75, 3.05) is 13.1 Å². The summed E-state index contributed by atoms with van der Waals surface area (Å²) in [6.07, 6.45) is 1.86. The van der Waals surface area contributed by atoms with Gasteiger partial charge in [0, 0.05) is 18.7 Å². The van der Waals surface area contributed by atoms with Gasteiger partial charge < -0.3 is 14.4 Å². The van der Waals surface area contributed by atoms with Crippen LogP contribution in [0.25, 0.3) is 11.3 Å². The molecule has 7 heteroatoms. The van der Waals surface area contributed by atoms with Crippen LogP contribution in [0, 0.1) is 0 Å². The molecule has 2 aromatic heterocycles. The lowest BCUT2D eigenvalue weighted by Crippen LogP contribution is -2.29. The highest BCUT2D eigenvalue weighted by atomic mass is 16.3. The molecule has 3 heterocycles. The summed E-state index contributed by atoms with van der Waals surface area (Å²) in [5, 5.41) is 18.0. The van der Waals surface area contributed by atoms with Crippen LogP contribution in [0.4, 0.5) is 0 Å². The number of oxazole rings is 1. The molecular formula is C19H18N4O3. The smallest absolute Gasteiger partial charge is 0.275 e. The fraction of sp³-hybridized carbons (Fsp3) is 0.263. The molecule has 0 aliphatic carbocycles. The van der Waals surface area contributed by atoms with E-state index in [0.29, 0.717) is 37.5 Å². The van der Waals surface area contributed by atoms with Crippen molar-refractivity contribution >= 4 is 5.91 Å². The zero-order chi connectivity index (χ0) is 17.9. The van der Waals surface area contributed by atoms with E-state index in [-0.39, 0.29) is 11.6 Å². The first kappa shape index (κ1) is 16.4. The van der Waals surface area contributed by atoms with Crippen LogP contribution in [0.15, 0.2) is 53.1 Å². The Morgan fingerprint density at radius 3 is 2.73 bits per heavy atom. The molecule has 0 spiro atoms. The largest absolute Gasteiger partial charge is 0.448 e. The highest BCUT2D eigenvalue weighted by molar-refractivity contribution is 5.92. The summed E-state index contributed by atoms with van der Waals surface area (Å²) in [4.78, 5) is 18.2. The van der Waals surface area contributed by atoms with E-state index in [0.717, 1.165) is 11.3 Å². The molecule has 1 atom stereocenters. The first-order chi connectivity index (χ1) is 12.7. The van der Waals surface area contributed by atoms with Gasteiger partial charge in [0.1, 0.15) is 6.26 Å². The Kier molecular flexibility index (Phi) is 4.45. The second kappa shape index (κ2) is 7.05. The van der Waals surface area contributed by atoms with Crippen LogP contribution in [0.1, 0.15) is 28.5 Å². The van der Waals surface area contributed by atoms with Crippen LogP contribution in [-0.2, 0) is 6.42 Å². The van der Waals surface area contributed by atoms with Gasteiger partial charge in [-0.2, -0.15) is 10.2 Å². The lowest BCUT2D eigenvalue weighted by molar-refractivity contribution is 0.0759. The zero-order valence-electron chi connectivity index (χ0n) is 14.1. The summed E-state index contributed by atoms with van der Waals surface area (Å²) < 4.78 is 5.40. The van der Waals surface area contributed by atoms with E-state index in [9.17, 15) is 9.90 Å². The van der Waals surface area contributed by atoms with Crippen molar-refractivity contribution in [2.24, 2.45) is 0 Å². The molecule has 132 valence electrons. The Hall–Kier alpha value is -3.06. The van der Waals surface area contributed by atoms with Gasteiger partial charge in [0.05, 0.1) is 23.9 Å². The number of carbonyl (C=O) groups is 1. The Labute approximate surface area is 150 Å². The van der Waals surface area contributed by atoms with E-state index in [1.807, 2.05) is 42.5 Å². The van der Waals surface area contributed by atoms with Gasteiger partial charge in [-0.15, -0.1) is 0 Å². The fourth-order valence-corrected chi connectivity index (χ4v) is 2.95. The number of aromatic nitrogens is 3. The zero-order valence-corrected chi connectivity index (χ0v) is 14.1. The summed E-state index contributed by atoms with van der Waals surface area (Å²) >= 11 is 0. The second-order valence-electron chi connectivity index (χ2n) is 6.27. The number of aliphatic hydroxyl groups is 1.